The molecule has 19 heavy (non-hydrogen) atoms. The largest absolute Gasteiger partial charge is 0.351 e. The zero-order chi connectivity index (χ0) is 14.6. The Balaban J connectivity index is 2.78. The van der Waals surface area contributed by atoms with Gasteiger partial charge in [0.25, 0.3) is 0 Å². The van der Waals surface area contributed by atoms with E-state index in [0.717, 1.165) is 23.5 Å². The summed E-state index contributed by atoms with van der Waals surface area (Å²) >= 11 is 0. The van der Waals surface area contributed by atoms with Gasteiger partial charge in [0.1, 0.15) is 0 Å². The first-order valence-electron chi connectivity index (χ1n) is 6.68. The summed E-state index contributed by atoms with van der Waals surface area (Å²) in [6.07, 6.45) is 0. The van der Waals surface area contributed by atoms with Crippen LogP contribution in [0.5, 0.6) is 0 Å². The van der Waals surface area contributed by atoms with E-state index in [1.807, 2.05) is 50.3 Å². The van der Waals surface area contributed by atoms with Crippen LogP contribution in [-0.2, 0) is 7.05 Å². The minimum absolute atomic E-state index is 0.0497. The van der Waals surface area contributed by atoms with E-state index in [1.54, 1.807) is 0 Å². The summed E-state index contributed by atoms with van der Waals surface area (Å²) in [6.45, 7) is 9.66. The number of Topliss-reactive ketones (excluding diaryl/α,β-unsaturated/α-hetero) is 1. The van der Waals surface area contributed by atoms with Gasteiger partial charge in [-0.3, -0.25) is 9.69 Å². The van der Waals surface area contributed by atoms with Crippen molar-refractivity contribution in [2.75, 3.05) is 19.6 Å². The van der Waals surface area contributed by atoms with Crippen LogP contribution in [0.4, 0.5) is 0 Å². The fourth-order valence-corrected chi connectivity index (χ4v) is 2.16. The van der Waals surface area contributed by atoms with E-state index in [0.29, 0.717) is 13.1 Å². The summed E-state index contributed by atoms with van der Waals surface area (Å²) in [7, 11) is 1.97. The van der Waals surface area contributed by atoms with Crippen LogP contribution in [0.25, 0.3) is 0 Å². The van der Waals surface area contributed by atoms with Crippen molar-refractivity contribution in [3.05, 3.63) is 23.0 Å². The number of nitriles is 1. The van der Waals surface area contributed by atoms with Gasteiger partial charge in [-0.2, -0.15) is 5.26 Å². The molecule has 0 aliphatic rings. The second-order valence-electron chi connectivity index (χ2n) is 5.12. The lowest BCUT2D eigenvalue weighted by atomic mass is 10.1. The Bertz CT molecular complexity index is 496. The van der Waals surface area contributed by atoms with Gasteiger partial charge in [0.15, 0.2) is 5.78 Å². The molecule has 1 atom stereocenters. The van der Waals surface area contributed by atoms with Gasteiger partial charge in [0.05, 0.1) is 18.5 Å². The Morgan fingerprint density at radius 3 is 2.58 bits per heavy atom. The second kappa shape index (κ2) is 6.53. The van der Waals surface area contributed by atoms with Crippen LogP contribution in [0, 0.1) is 31.1 Å². The minimum Gasteiger partial charge on any atom is -0.351 e. The minimum atomic E-state index is -0.0497. The molecule has 0 radical (unpaired) electrons. The Kier molecular flexibility index (Phi) is 5.31. The maximum absolute atomic E-state index is 12.3. The lowest BCUT2D eigenvalue weighted by Gasteiger charge is -2.20. The van der Waals surface area contributed by atoms with Crippen LogP contribution in [-0.4, -0.2) is 34.9 Å². The Labute approximate surface area is 115 Å². The number of likely N-dealkylation sites (N-methyl/N-ethyl adjacent to an activating group) is 1. The third kappa shape index (κ3) is 3.68. The molecule has 0 fully saturated rings. The monoisotopic (exact) mass is 261 g/mol. The van der Waals surface area contributed by atoms with Crippen molar-refractivity contribution in [3.63, 3.8) is 0 Å². The summed E-state index contributed by atoms with van der Waals surface area (Å²) in [5.41, 5.74) is 2.89. The van der Waals surface area contributed by atoms with Crippen molar-refractivity contribution in [1.82, 2.24) is 9.47 Å². The van der Waals surface area contributed by atoms with Gasteiger partial charge in [0.2, 0.25) is 0 Å². The summed E-state index contributed by atoms with van der Waals surface area (Å²) in [5.74, 6) is 0.0829. The molecular formula is C15H23N3O. The number of carbonyl (C=O) groups excluding carboxylic acids is 1. The Morgan fingerprint density at radius 1 is 1.53 bits per heavy atom. The van der Waals surface area contributed by atoms with Crippen molar-refractivity contribution in [2.45, 2.75) is 27.7 Å². The van der Waals surface area contributed by atoms with Crippen molar-refractivity contribution in [3.8, 4) is 6.07 Å². The van der Waals surface area contributed by atoms with Crippen molar-refractivity contribution >= 4 is 5.78 Å². The fraction of sp³-hybridized carbons (Fsp3) is 0.600. The SMILES string of the molecule is CCN(CC(=O)c1cc(C)n(C)c1C)CC(C)C#N. The molecule has 1 unspecified atom stereocenters. The van der Waals surface area contributed by atoms with Crippen LogP contribution in [0.15, 0.2) is 6.07 Å². The molecule has 4 nitrogen and oxygen atoms in total. The van der Waals surface area contributed by atoms with Gasteiger partial charge in [-0.1, -0.05) is 6.92 Å². The first-order chi connectivity index (χ1) is 8.90. The molecule has 0 spiro atoms. The van der Waals surface area contributed by atoms with Crippen LogP contribution >= 0.6 is 0 Å². The lowest BCUT2D eigenvalue weighted by Crippen LogP contribution is -2.33. The zero-order valence-corrected chi connectivity index (χ0v) is 12.5. The number of carbonyl (C=O) groups is 1. The molecule has 104 valence electrons. The number of aryl methyl sites for hydroxylation is 1. The van der Waals surface area contributed by atoms with E-state index < -0.39 is 0 Å². The molecular weight excluding hydrogens is 238 g/mol. The average molecular weight is 261 g/mol. The number of rotatable bonds is 6. The summed E-state index contributed by atoms with van der Waals surface area (Å²) in [4.78, 5) is 14.4. The predicted octanol–water partition coefficient (Wildman–Crippen LogP) is 2.31. The number of hydrogen-bond acceptors (Lipinski definition) is 3. The number of ketones is 1. The average Bonchev–Trinajstić information content (AvgIpc) is 2.65. The molecule has 1 heterocycles. The van der Waals surface area contributed by atoms with Gasteiger partial charge in [-0.15, -0.1) is 0 Å². The highest BCUT2D eigenvalue weighted by molar-refractivity contribution is 5.99. The van der Waals surface area contributed by atoms with Gasteiger partial charge in [0, 0.05) is 30.5 Å². The van der Waals surface area contributed by atoms with Crippen LogP contribution in [0.1, 0.15) is 35.6 Å². The van der Waals surface area contributed by atoms with E-state index in [9.17, 15) is 4.79 Å². The molecule has 0 bridgehead atoms. The van der Waals surface area contributed by atoms with Crippen LogP contribution in [0.2, 0.25) is 0 Å². The predicted molar refractivity (Wildman–Crippen MR) is 76.1 cm³/mol. The van der Waals surface area contributed by atoms with Gasteiger partial charge in [-0.25, -0.2) is 0 Å². The maximum atomic E-state index is 12.3. The first-order valence-corrected chi connectivity index (χ1v) is 6.68. The smallest absolute Gasteiger partial charge is 0.178 e. The quantitative estimate of drug-likeness (QED) is 0.738. The molecule has 0 saturated carbocycles. The normalized spacial score (nSPS) is 12.5. The topological polar surface area (TPSA) is 49.0 Å². The van der Waals surface area contributed by atoms with Crippen molar-refractivity contribution in [2.24, 2.45) is 13.0 Å². The third-order valence-electron chi connectivity index (χ3n) is 3.64. The van der Waals surface area contributed by atoms with Gasteiger partial charge >= 0.3 is 0 Å². The molecule has 0 aliphatic heterocycles. The molecule has 1 aromatic rings. The van der Waals surface area contributed by atoms with E-state index in [2.05, 4.69) is 6.07 Å². The summed E-state index contributed by atoms with van der Waals surface area (Å²) in [5, 5.41) is 8.85. The zero-order valence-electron chi connectivity index (χ0n) is 12.5. The summed E-state index contributed by atoms with van der Waals surface area (Å²) in [6, 6.07) is 4.15. The molecule has 0 aliphatic carbocycles. The molecule has 4 heteroatoms. The second-order valence-corrected chi connectivity index (χ2v) is 5.12. The highest BCUT2D eigenvalue weighted by Crippen LogP contribution is 2.14. The maximum Gasteiger partial charge on any atom is 0.178 e. The van der Waals surface area contributed by atoms with Crippen molar-refractivity contribution < 1.29 is 4.79 Å². The highest BCUT2D eigenvalue weighted by atomic mass is 16.1. The van der Waals surface area contributed by atoms with E-state index in [-0.39, 0.29) is 11.7 Å². The number of nitrogens with zero attached hydrogens (tertiary/aromatic N) is 3. The van der Waals surface area contributed by atoms with Crippen LogP contribution in [0.3, 0.4) is 0 Å². The van der Waals surface area contributed by atoms with E-state index in [4.69, 9.17) is 5.26 Å². The van der Waals surface area contributed by atoms with Crippen LogP contribution < -0.4 is 0 Å². The first kappa shape index (κ1) is 15.5. The molecule has 0 N–H and O–H groups in total. The van der Waals surface area contributed by atoms with E-state index in [1.165, 1.54) is 0 Å². The lowest BCUT2D eigenvalue weighted by molar-refractivity contribution is 0.0928. The Hall–Kier alpha value is -1.60. The molecule has 1 aromatic heterocycles. The van der Waals surface area contributed by atoms with E-state index >= 15 is 0 Å². The Morgan fingerprint density at radius 2 is 2.16 bits per heavy atom. The fourth-order valence-electron chi connectivity index (χ4n) is 2.16. The summed E-state index contributed by atoms with van der Waals surface area (Å²) < 4.78 is 2.03. The molecule has 1 rings (SSSR count). The molecule has 0 saturated heterocycles. The van der Waals surface area contributed by atoms with Gasteiger partial charge in [-0.05, 0) is 33.4 Å². The third-order valence-corrected chi connectivity index (χ3v) is 3.64. The van der Waals surface area contributed by atoms with Gasteiger partial charge < -0.3 is 4.57 Å². The number of hydrogen-bond donors (Lipinski definition) is 0. The molecule has 0 amide bonds. The number of aromatic nitrogens is 1. The highest BCUT2D eigenvalue weighted by Gasteiger charge is 2.17. The standard InChI is InChI=1S/C15H23N3O/c1-6-18(9-11(2)8-16)10-15(19)14-7-12(3)17(5)13(14)4/h7,11H,6,9-10H2,1-5H3. The molecule has 0 aromatic carbocycles. The van der Waals surface area contributed by atoms with Crippen molar-refractivity contribution in [1.29, 1.82) is 5.26 Å².